The Morgan fingerprint density at radius 3 is 2.79 bits per heavy atom. The van der Waals surface area contributed by atoms with Gasteiger partial charge in [0.25, 0.3) is 10.0 Å². The SMILES string of the molecule is CCOC1=NC(c2nc3nnc(NS(=O)(=O)c4ccc(F)cn4)cc3n2-c2c(O)cccc2OC)=C=C=C1. The van der Waals surface area contributed by atoms with Crippen molar-refractivity contribution in [2.75, 3.05) is 18.4 Å². The molecule has 2 N–H and O–H groups in total. The number of phenols is 1. The summed E-state index contributed by atoms with van der Waals surface area (Å²) >= 11 is 0. The zero-order chi connectivity index (χ0) is 26.9. The number of hydrogen-bond acceptors (Lipinski definition) is 10. The number of pyridine rings is 1. The summed E-state index contributed by atoms with van der Waals surface area (Å²) in [5.74, 6) is -0.302. The standard InChI is InChI=1S/C24H18FN7O5S/c1-3-37-20-9-4-6-15(27-20)24-28-23-16(32(24)22-17(33)7-5-8-18(22)36-2)12-19(29-30-23)31-38(34,35)21-11-10-14(25)13-26-21/h5,7-13,33H,3H2,1-2H3,(H,29,31). The topological polar surface area (TPSA) is 154 Å². The fourth-order valence-corrected chi connectivity index (χ4v) is 4.51. The second-order valence-corrected chi connectivity index (χ2v) is 9.23. The van der Waals surface area contributed by atoms with Gasteiger partial charge in [-0.3, -0.25) is 9.29 Å². The molecule has 0 unspecified atom stereocenters. The second kappa shape index (κ2) is 9.79. The van der Waals surface area contributed by atoms with E-state index < -0.39 is 20.9 Å². The van der Waals surface area contributed by atoms with E-state index in [2.05, 4.69) is 41.3 Å². The number of fused-ring (bicyclic) bond motifs is 1. The maximum atomic E-state index is 13.2. The summed E-state index contributed by atoms with van der Waals surface area (Å²) in [6.07, 6.45) is 2.29. The highest BCUT2D eigenvalue weighted by molar-refractivity contribution is 7.92. The molecule has 0 aliphatic carbocycles. The van der Waals surface area contributed by atoms with E-state index >= 15 is 0 Å². The van der Waals surface area contributed by atoms with Crippen molar-refractivity contribution in [2.45, 2.75) is 11.9 Å². The molecule has 5 rings (SSSR count). The van der Waals surface area contributed by atoms with Gasteiger partial charge in [0.1, 0.15) is 23.0 Å². The first-order valence-electron chi connectivity index (χ1n) is 11.0. The number of aromatic nitrogens is 5. The molecule has 0 atom stereocenters. The van der Waals surface area contributed by atoms with E-state index in [1.54, 1.807) is 19.1 Å². The zero-order valence-corrected chi connectivity index (χ0v) is 20.7. The van der Waals surface area contributed by atoms with Crippen LogP contribution in [0.15, 0.2) is 70.2 Å². The van der Waals surface area contributed by atoms with Gasteiger partial charge in [-0.2, -0.15) is 8.42 Å². The molecule has 0 saturated heterocycles. The van der Waals surface area contributed by atoms with Gasteiger partial charge in [0.05, 0.1) is 31.5 Å². The monoisotopic (exact) mass is 535 g/mol. The number of sulfonamides is 1. The van der Waals surface area contributed by atoms with Gasteiger partial charge >= 0.3 is 0 Å². The lowest BCUT2D eigenvalue weighted by Gasteiger charge is -2.15. The summed E-state index contributed by atoms with van der Waals surface area (Å²) < 4.78 is 53.5. The molecule has 3 aromatic heterocycles. The largest absolute Gasteiger partial charge is 0.506 e. The molecular formula is C24H18FN7O5S. The van der Waals surface area contributed by atoms with E-state index in [1.807, 2.05) is 0 Å². The number of nitrogens with one attached hydrogen (secondary N) is 1. The van der Waals surface area contributed by atoms with Crippen LogP contribution in [0.1, 0.15) is 12.7 Å². The molecule has 0 fully saturated rings. The van der Waals surface area contributed by atoms with Gasteiger partial charge in [-0.15, -0.1) is 10.2 Å². The van der Waals surface area contributed by atoms with Gasteiger partial charge in [0, 0.05) is 6.07 Å². The third kappa shape index (κ3) is 4.58. The maximum absolute atomic E-state index is 13.2. The van der Waals surface area contributed by atoms with E-state index in [-0.39, 0.29) is 51.6 Å². The minimum atomic E-state index is -4.23. The van der Waals surface area contributed by atoms with E-state index in [9.17, 15) is 17.9 Å². The molecule has 0 radical (unpaired) electrons. The number of aliphatic imine (C=N–C) groups is 1. The van der Waals surface area contributed by atoms with E-state index in [0.29, 0.717) is 6.61 Å². The average molecular weight is 536 g/mol. The average Bonchev–Trinajstić information content (AvgIpc) is 3.27. The Labute approximate surface area is 215 Å². The molecule has 1 aromatic carbocycles. The zero-order valence-electron chi connectivity index (χ0n) is 19.9. The smallest absolute Gasteiger partial charge is 0.280 e. The summed E-state index contributed by atoms with van der Waals surface area (Å²) in [5, 5.41) is 18.4. The number of anilines is 1. The number of imidazole rings is 1. The van der Waals surface area contributed by atoms with Crippen LogP contribution in [0.4, 0.5) is 10.2 Å². The molecule has 4 heterocycles. The molecule has 0 bridgehead atoms. The number of rotatable bonds is 7. The van der Waals surface area contributed by atoms with Gasteiger partial charge < -0.3 is 14.6 Å². The first-order valence-corrected chi connectivity index (χ1v) is 12.5. The van der Waals surface area contributed by atoms with Crippen molar-refractivity contribution in [1.82, 2.24) is 24.7 Å². The summed E-state index contributed by atoms with van der Waals surface area (Å²) in [5.41, 5.74) is 6.43. The minimum Gasteiger partial charge on any atom is -0.506 e. The first-order chi connectivity index (χ1) is 18.3. The molecule has 0 spiro atoms. The molecule has 12 nitrogen and oxygen atoms in total. The van der Waals surface area contributed by atoms with Gasteiger partial charge in [0.2, 0.25) is 11.5 Å². The molecule has 0 amide bonds. The molecule has 1 aliphatic heterocycles. The predicted octanol–water partition coefficient (Wildman–Crippen LogP) is 2.96. The van der Waals surface area contributed by atoms with Crippen molar-refractivity contribution in [1.29, 1.82) is 0 Å². The lowest BCUT2D eigenvalue weighted by Crippen LogP contribution is -2.16. The van der Waals surface area contributed by atoms with Crippen LogP contribution in [-0.2, 0) is 14.8 Å². The summed E-state index contributed by atoms with van der Waals surface area (Å²) in [7, 11) is -2.80. The Morgan fingerprint density at radius 2 is 2.05 bits per heavy atom. The van der Waals surface area contributed by atoms with E-state index in [4.69, 9.17) is 9.47 Å². The minimum absolute atomic E-state index is 0.102. The van der Waals surface area contributed by atoms with Crippen molar-refractivity contribution < 1.29 is 27.4 Å². The van der Waals surface area contributed by atoms with Crippen LogP contribution in [0.25, 0.3) is 22.5 Å². The normalized spacial score (nSPS) is 12.8. The number of ether oxygens (including phenoxy) is 2. The lowest BCUT2D eigenvalue weighted by atomic mass is 10.2. The summed E-state index contributed by atoms with van der Waals surface area (Å²) in [4.78, 5) is 12.5. The van der Waals surface area contributed by atoms with E-state index in [1.165, 1.54) is 29.9 Å². The third-order valence-electron chi connectivity index (χ3n) is 5.17. The van der Waals surface area contributed by atoms with Crippen LogP contribution in [0.3, 0.4) is 0 Å². The van der Waals surface area contributed by atoms with Crippen molar-refractivity contribution >= 4 is 38.6 Å². The van der Waals surface area contributed by atoms with Crippen LogP contribution >= 0.6 is 0 Å². The molecule has 14 heteroatoms. The van der Waals surface area contributed by atoms with Gasteiger partial charge in [-0.05, 0) is 36.9 Å². The predicted molar refractivity (Wildman–Crippen MR) is 134 cm³/mol. The quantitative estimate of drug-likeness (QED) is 0.340. The Balaban J connectivity index is 1.71. The Morgan fingerprint density at radius 1 is 1.21 bits per heavy atom. The molecule has 38 heavy (non-hydrogen) atoms. The van der Waals surface area contributed by atoms with Crippen LogP contribution in [0.5, 0.6) is 11.5 Å². The Bertz CT molecular complexity index is 1800. The molecule has 1 aliphatic rings. The van der Waals surface area contributed by atoms with Crippen LogP contribution in [-0.4, -0.2) is 57.9 Å². The molecule has 4 aromatic rings. The third-order valence-corrected chi connectivity index (χ3v) is 6.44. The summed E-state index contributed by atoms with van der Waals surface area (Å²) in [6.45, 7) is 2.17. The van der Waals surface area contributed by atoms with Crippen LogP contribution in [0, 0.1) is 5.82 Å². The van der Waals surface area contributed by atoms with Gasteiger partial charge in [0.15, 0.2) is 22.4 Å². The Kier molecular flexibility index (Phi) is 6.35. The van der Waals surface area contributed by atoms with Crippen LogP contribution in [0.2, 0.25) is 0 Å². The molecule has 192 valence electrons. The van der Waals surface area contributed by atoms with Crippen LogP contribution < -0.4 is 9.46 Å². The fraction of sp³-hybridized carbons (Fsp3) is 0.125. The fourth-order valence-electron chi connectivity index (χ4n) is 3.59. The number of aromatic hydroxyl groups is 1. The van der Waals surface area contributed by atoms with E-state index in [0.717, 1.165) is 18.3 Å². The number of nitrogens with zero attached hydrogens (tertiary/aromatic N) is 6. The number of phenolic OH excluding ortho intramolecular Hbond substituents is 1. The lowest BCUT2D eigenvalue weighted by molar-refractivity contribution is 0.330. The molecular weight excluding hydrogens is 517 g/mol. The molecule has 0 saturated carbocycles. The number of benzene rings is 1. The van der Waals surface area contributed by atoms with Crippen molar-refractivity contribution in [2.24, 2.45) is 4.99 Å². The van der Waals surface area contributed by atoms with Crippen molar-refractivity contribution in [3.05, 3.63) is 71.8 Å². The number of methoxy groups -OCH3 is 1. The number of halogens is 1. The highest BCUT2D eigenvalue weighted by Crippen LogP contribution is 2.37. The number of para-hydroxylation sites is 1. The summed E-state index contributed by atoms with van der Waals surface area (Å²) in [6, 6.07) is 8.03. The van der Waals surface area contributed by atoms with Crippen molar-refractivity contribution in [3.8, 4) is 17.2 Å². The highest BCUT2D eigenvalue weighted by Gasteiger charge is 2.25. The number of hydrogen-bond donors (Lipinski definition) is 2. The van der Waals surface area contributed by atoms with Crippen molar-refractivity contribution in [3.63, 3.8) is 0 Å². The van der Waals surface area contributed by atoms with Gasteiger partial charge in [-0.1, -0.05) is 11.8 Å². The second-order valence-electron chi connectivity index (χ2n) is 7.60. The van der Waals surface area contributed by atoms with Gasteiger partial charge in [-0.25, -0.2) is 19.4 Å². The highest BCUT2D eigenvalue weighted by atomic mass is 32.2. The Hall–Kier alpha value is -5.03. The first kappa shape index (κ1) is 24.7. The maximum Gasteiger partial charge on any atom is 0.280 e.